The molecular weight excluding hydrogens is 1200 g/mol. The predicted molar refractivity (Wildman–Crippen MR) is 341 cm³/mol. The molecule has 3 aliphatic rings. The highest BCUT2D eigenvalue weighted by molar-refractivity contribution is 5.99. The third-order valence-corrected chi connectivity index (χ3v) is 16.8. The maximum atomic E-state index is 15.2. The molecule has 12 atom stereocenters. The molecule has 0 radical (unpaired) electrons. The summed E-state index contributed by atoms with van der Waals surface area (Å²) in [7, 11) is 0. The molecular formula is C67H86N12O14. The Morgan fingerprint density at radius 2 is 1.20 bits per heavy atom. The fourth-order valence-electron chi connectivity index (χ4n) is 11.9. The second kappa shape index (κ2) is 32.9. The number of primary amides is 1. The van der Waals surface area contributed by atoms with Crippen molar-refractivity contribution in [3.05, 3.63) is 138 Å². The van der Waals surface area contributed by atoms with Crippen LogP contribution in [-0.4, -0.2) is 172 Å². The normalized spacial score (nSPS) is 26.1. The third kappa shape index (κ3) is 19.0. The van der Waals surface area contributed by atoms with Gasteiger partial charge in [0, 0.05) is 49.5 Å². The zero-order valence-corrected chi connectivity index (χ0v) is 52.6. The number of nitrogens with two attached hydrogens (primary N) is 2. The van der Waals surface area contributed by atoms with Gasteiger partial charge in [0.15, 0.2) is 6.10 Å². The summed E-state index contributed by atoms with van der Waals surface area (Å²) < 4.78 is 12.4. The number of nitrogens with zero attached hydrogens (tertiary/aromatic N) is 1. The van der Waals surface area contributed by atoms with Gasteiger partial charge in [-0.15, -0.1) is 0 Å². The molecule has 3 aliphatic heterocycles. The molecule has 0 unspecified atom stereocenters. The molecule has 2 bridgehead atoms. The number of benzene rings is 4. The summed E-state index contributed by atoms with van der Waals surface area (Å²) in [5, 5.41) is 44.8. The van der Waals surface area contributed by atoms with E-state index < -0.39 is 151 Å². The van der Waals surface area contributed by atoms with Crippen molar-refractivity contribution in [2.45, 2.75) is 165 Å². The molecule has 0 spiro atoms. The van der Waals surface area contributed by atoms with E-state index in [2.05, 4.69) is 47.5 Å². The van der Waals surface area contributed by atoms with Gasteiger partial charge in [-0.2, -0.15) is 0 Å². The van der Waals surface area contributed by atoms with E-state index in [0.29, 0.717) is 28.7 Å². The Hall–Kier alpha value is -9.24. The van der Waals surface area contributed by atoms with Crippen molar-refractivity contribution in [3.63, 3.8) is 0 Å². The van der Waals surface area contributed by atoms with Crippen molar-refractivity contribution in [3.8, 4) is 5.75 Å². The Balaban J connectivity index is 1.18. The summed E-state index contributed by atoms with van der Waals surface area (Å²) in [6.45, 7) is 6.52. The number of aliphatic hydroxyl groups is 1. The van der Waals surface area contributed by atoms with Crippen molar-refractivity contribution in [2.24, 2.45) is 23.3 Å². The van der Waals surface area contributed by atoms with E-state index in [0.717, 1.165) is 10.9 Å². The highest BCUT2D eigenvalue weighted by Crippen LogP contribution is 2.27. The number of amides is 10. The molecule has 10 amide bonds. The molecule has 3 fully saturated rings. The fraction of sp³-hybridized carbons (Fsp3) is 0.463. The lowest BCUT2D eigenvalue weighted by atomic mass is 9.99. The van der Waals surface area contributed by atoms with Gasteiger partial charge in [0.2, 0.25) is 53.2 Å². The summed E-state index contributed by atoms with van der Waals surface area (Å²) in [6.07, 6.45) is -4.78. The van der Waals surface area contributed by atoms with E-state index in [9.17, 15) is 43.8 Å². The lowest BCUT2D eigenvalue weighted by Crippen LogP contribution is -2.61. The summed E-state index contributed by atoms with van der Waals surface area (Å²) in [5.41, 5.74) is 14.7. The van der Waals surface area contributed by atoms with Crippen LogP contribution in [-0.2, 0) is 83.3 Å². The Morgan fingerprint density at radius 1 is 0.634 bits per heavy atom. The Labute approximate surface area is 539 Å². The van der Waals surface area contributed by atoms with Gasteiger partial charge in [-0.05, 0) is 90.9 Å². The summed E-state index contributed by atoms with van der Waals surface area (Å²) >= 11 is 0. The van der Waals surface area contributed by atoms with Crippen molar-refractivity contribution >= 4 is 70.0 Å². The molecule has 15 N–H and O–H groups in total. The second-order valence-corrected chi connectivity index (χ2v) is 24.7. The van der Waals surface area contributed by atoms with Crippen molar-refractivity contribution in [2.75, 3.05) is 19.6 Å². The largest absolute Gasteiger partial charge is 0.508 e. The first-order chi connectivity index (χ1) is 44.6. The van der Waals surface area contributed by atoms with Crippen LogP contribution in [0, 0.1) is 11.8 Å². The minimum Gasteiger partial charge on any atom is -0.508 e. The maximum Gasteiger partial charge on any atom is 0.252 e. The van der Waals surface area contributed by atoms with Crippen LogP contribution in [0.5, 0.6) is 5.75 Å². The standard InChI is InChI=1S/C67H86N12O14/c1-37(2)29-47-61(85)77-51(31-40-23-25-43(80)26-24-40)67(91)79-28-14-22-52(79)64(88)76-49(32-42-34-70-45-20-12-11-19-44(42)45)63(87)74-48(30-39-15-7-5-8-16-39)62(86)75-50(33-54(69)81)59(83)71-35-53-57(92-36-41-17-9-6-10-18-41)56(82)58(93-53)66(90)78-55(38(3)4)65(89)72-46(21-13-27-68)60(84)73-47/h5-12,15-20,23-26,34,37-38,46-53,55-58,70,80,82H,13-14,21-22,27-33,35-36,68H2,1-4H3,(H2,69,81)(H,71,83)(H,72,89)(H,73,84)(H,74,87)(H,75,86)(H,76,88)(H,77,85)(H,78,90)/t46-,47-,48-,49-,50-,51+,52-,53+,55-,56-,57+,58+/m0/s1. The zero-order chi connectivity index (χ0) is 66.9. The third-order valence-electron chi connectivity index (χ3n) is 16.8. The minimum absolute atomic E-state index is 0.00986. The van der Waals surface area contributed by atoms with Crippen molar-refractivity contribution < 1.29 is 67.6 Å². The number of carbonyl (C=O) groups excluding carboxylic acids is 10. The minimum atomic E-state index is -1.72. The van der Waals surface area contributed by atoms with Crippen LogP contribution in [0.4, 0.5) is 0 Å². The SMILES string of the molecule is CC(C)C[C@@H]1NC(=O)[C@H](CCCN)NC(=O)[C@H](C(C)C)NC(=O)[C@@H]2O[C@H](CNC(=O)[C@H](CC(N)=O)NC(=O)[C@H](Cc3ccccc3)NC(=O)[C@H](Cc3c[nH]c4ccccc34)NC(=O)[C@@H]3CCCN3C(=O)[C@@H](Cc3ccc(O)cc3)NC1=O)[C@@H](OCc1ccccc1)[C@@H]2O. The maximum absolute atomic E-state index is 15.2. The second-order valence-electron chi connectivity index (χ2n) is 24.7. The Bertz CT molecular complexity index is 3420. The number of carbonyl (C=O) groups is 10. The first kappa shape index (κ1) is 69.6. The lowest BCUT2D eigenvalue weighted by molar-refractivity contribution is -0.142. The monoisotopic (exact) mass is 1280 g/mol. The van der Waals surface area contributed by atoms with Crippen molar-refractivity contribution in [1.82, 2.24) is 52.4 Å². The molecule has 1 aromatic heterocycles. The molecule has 5 aromatic rings. The topological polar surface area (TPSA) is 397 Å². The smallest absolute Gasteiger partial charge is 0.252 e. The fourth-order valence-corrected chi connectivity index (χ4v) is 11.9. The Morgan fingerprint density at radius 3 is 1.87 bits per heavy atom. The average Bonchev–Trinajstić information content (AvgIpc) is 1.76. The van der Waals surface area contributed by atoms with E-state index in [1.165, 1.54) is 17.0 Å². The van der Waals surface area contributed by atoms with Gasteiger partial charge in [-0.1, -0.05) is 119 Å². The van der Waals surface area contributed by atoms with Crippen LogP contribution in [0.1, 0.15) is 88.5 Å². The van der Waals surface area contributed by atoms with E-state index in [4.69, 9.17) is 20.9 Å². The quantitative estimate of drug-likeness (QED) is 0.0601. The molecule has 498 valence electrons. The number of aromatic hydroxyl groups is 1. The average molecular weight is 1280 g/mol. The number of aromatic nitrogens is 1. The molecule has 3 saturated heterocycles. The van der Waals surface area contributed by atoms with Gasteiger partial charge < -0.3 is 83.6 Å². The van der Waals surface area contributed by atoms with Gasteiger partial charge in [-0.25, -0.2) is 0 Å². The van der Waals surface area contributed by atoms with Crippen molar-refractivity contribution in [1.29, 1.82) is 0 Å². The van der Waals surface area contributed by atoms with Gasteiger partial charge in [-0.3, -0.25) is 47.9 Å². The first-order valence-corrected chi connectivity index (χ1v) is 31.6. The highest BCUT2D eigenvalue weighted by atomic mass is 16.6. The predicted octanol–water partition coefficient (Wildman–Crippen LogP) is 0.446. The van der Waals surface area contributed by atoms with Crippen LogP contribution in [0.2, 0.25) is 0 Å². The summed E-state index contributed by atoms with van der Waals surface area (Å²) in [5.74, 6) is -9.37. The van der Waals surface area contributed by atoms with E-state index in [-0.39, 0.29) is 76.3 Å². The molecule has 26 nitrogen and oxygen atoms in total. The van der Waals surface area contributed by atoms with Crippen LogP contribution >= 0.6 is 0 Å². The number of nitrogens with one attached hydrogen (secondary N) is 9. The van der Waals surface area contributed by atoms with Crippen LogP contribution in [0.3, 0.4) is 0 Å². The van der Waals surface area contributed by atoms with Gasteiger partial charge in [0.25, 0.3) is 5.91 Å². The summed E-state index contributed by atoms with van der Waals surface area (Å²) in [6, 6.07) is 19.6. The number of para-hydroxylation sites is 1. The number of aromatic amines is 1. The lowest BCUT2D eigenvalue weighted by Gasteiger charge is -2.31. The van der Waals surface area contributed by atoms with Gasteiger partial charge in [0.05, 0.1) is 13.0 Å². The van der Waals surface area contributed by atoms with Crippen LogP contribution in [0.25, 0.3) is 10.9 Å². The number of ether oxygens (including phenoxy) is 2. The van der Waals surface area contributed by atoms with Crippen LogP contribution in [0.15, 0.2) is 115 Å². The number of hydrogen-bond donors (Lipinski definition) is 13. The summed E-state index contributed by atoms with van der Waals surface area (Å²) in [4.78, 5) is 150. The number of H-pyrrole nitrogens is 1. The van der Waals surface area contributed by atoms with E-state index >= 15 is 14.4 Å². The molecule has 0 aliphatic carbocycles. The molecule has 8 rings (SSSR count). The first-order valence-electron chi connectivity index (χ1n) is 31.6. The number of phenols is 1. The molecule has 0 saturated carbocycles. The van der Waals surface area contributed by atoms with Gasteiger partial charge in [0.1, 0.15) is 72.4 Å². The molecule has 93 heavy (non-hydrogen) atoms. The highest BCUT2D eigenvalue weighted by Gasteiger charge is 2.49. The number of hydrogen-bond acceptors (Lipinski definition) is 15. The number of fused-ring (bicyclic) bond motifs is 4. The Kier molecular flexibility index (Phi) is 24.6. The van der Waals surface area contributed by atoms with Gasteiger partial charge >= 0.3 is 0 Å². The zero-order valence-electron chi connectivity index (χ0n) is 52.6. The molecule has 26 heteroatoms. The molecule has 4 heterocycles. The van der Waals surface area contributed by atoms with Crippen LogP contribution < -0.4 is 54.0 Å². The van der Waals surface area contributed by atoms with E-state index in [1.54, 1.807) is 98.9 Å². The van der Waals surface area contributed by atoms with E-state index in [1.807, 2.05) is 32.0 Å². The number of aliphatic hydroxyl groups excluding tert-OH is 1. The number of rotatable bonds is 17. The number of phenolic OH excluding ortho intramolecular Hbond substituents is 1. The molecule has 4 aromatic carbocycles.